The predicted octanol–water partition coefficient (Wildman–Crippen LogP) is 3.51. The van der Waals surface area contributed by atoms with Gasteiger partial charge in [0, 0.05) is 12.6 Å². The second kappa shape index (κ2) is 5.55. The van der Waals surface area contributed by atoms with Crippen LogP contribution in [0.4, 0.5) is 0 Å². The van der Waals surface area contributed by atoms with Crippen LogP contribution in [0.2, 0.25) is 0 Å². The van der Waals surface area contributed by atoms with Gasteiger partial charge in [-0.15, -0.1) is 6.58 Å². The topological polar surface area (TPSA) is 12.0 Å². The summed E-state index contributed by atoms with van der Waals surface area (Å²) in [4.78, 5) is 0. The van der Waals surface area contributed by atoms with E-state index in [0.29, 0.717) is 11.5 Å². The monoisotopic (exact) mass is 195 g/mol. The van der Waals surface area contributed by atoms with Crippen LogP contribution >= 0.6 is 0 Å². The lowest BCUT2D eigenvalue weighted by Crippen LogP contribution is -2.31. The average Bonchev–Trinajstić information content (AvgIpc) is 2.93. The summed E-state index contributed by atoms with van der Waals surface area (Å²) >= 11 is 0. The lowest BCUT2D eigenvalue weighted by molar-refractivity contribution is 0.386. The van der Waals surface area contributed by atoms with Gasteiger partial charge in [0.25, 0.3) is 0 Å². The molecule has 1 nitrogen and oxygen atoms in total. The first kappa shape index (κ1) is 11.8. The molecule has 1 fully saturated rings. The van der Waals surface area contributed by atoms with Gasteiger partial charge in [-0.05, 0) is 44.4 Å². The zero-order chi connectivity index (χ0) is 10.4. The van der Waals surface area contributed by atoms with E-state index in [0.717, 1.165) is 6.42 Å². The van der Waals surface area contributed by atoms with Gasteiger partial charge in [-0.1, -0.05) is 19.4 Å². The van der Waals surface area contributed by atoms with Gasteiger partial charge in [0.2, 0.25) is 0 Å². The van der Waals surface area contributed by atoms with Crippen LogP contribution in [-0.4, -0.2) is 12.6 Å². The lowest BCUT2D eigenvalue weighted by atomic mass is 10.00. The fourth-order valence-electron chi connectivity index (χ4n) is 2.08. The second-order valence-corrected chi connectivity index (χ2v) is 4.90. The Morgan fingerprint density at radius 1 is 1.50 bits per heavy atom. The maximum Gasteiger partial charge on any atom is 0.00419 e. The molecule has 0 bridgehead atoms. The van der Waals surface area contributed by atoms with Crippen molar-refractivity contribution in [2.75, 3.05) is 6.54 Å². The van der Waals surface area contributed by atoms with E-state index in [9.17, 15) is 0 Å². The molecule has 14 heavy (non-hydrogen) atoms. The van der Waals surface area contributed by atoms with Crippen molar-refractivity contribution in [3.8, 4) is 0 Å². The molecule has 0 aromatic heterocycles. The molecule has 82 valence electrons. The number of nitrogens with one attached hydrogen (secondary N) is 1. The molecule has 0 aliphatic heterocycles. The Morgan fingerprint density at radius 3 is 2.71 bits per heavy atom. The summed E-state index contributed by atoms with van der Waals surface area (Å²) in [7, 11) is 0. The zero-order valence-corrected chi connectivity index (χ0v) is 9.81. The average molecular weight is 195 g/mol. The van der Waals surface area contributed by atoms with Crippen LogP contribution in [0.3, 0.4) is 0 Å². The molecule has 0 aromatic carbocycles. The van der Waals surface area contributed by atoms with E-state index in [1.54, 1.807) is 0 Å². The number of rotatable bonds is 8. The van der Waals surface area contributed by atoms with Crippen LogP contribution in [0.1, 0.15) is 52.4 Å². The molecule has 1 N–H and O–H groups in total. The molecule has 0 amide bonds. The van der Waals surface area contributed by atoms with E-state index >= 15 is 0 Å². The van der Waals surface area contributed by atoms with Crippen LogP contribution in [-0.2, 0) is 0 Å². The molecule has 1 aliphatic carbocycles. The summed E-state index contributed by atoms with van der Waals surface area (Å²) in [6, 6.07) is 0.655. The summed E-state index contributed by atoms with van der Waals surface area (Å²) in [6.45, 7) is 9.57. The molecule has 0 saturated heterocycles. The molecular weight excluding hydrogens is 170 g/mol. The molecule has 0 heterocycles. The maximum atomic E-state index is 3.76. The summed E-state index contributed by atoms with van der Waals surface area (Å²) in [5, 5.41) is 3.66. The first-order valence-corrected chi connectivity index (χ1v) is 6.07. The normalized spacial score (nSPS) is 20.4. The highest BCUT2D eigenvalue weighted by Crippen LogP contribution is 2.48. The fourth-order valence-corrected chi connectivity index (χ4v) is 2.08. The number of hydrogen-bond donors (Lipinski definition) is 1. The van der Waals surface area contributed by atoms with E-state index in [-0.39, 0.29) is 0 Å². The molecule has 0 aromatic rings. The minimum absolute atomic E-state index is 0.655. The Hall–Kier alpha value is -0.300. The van der Waals surface area contributed by atoms with Gasteiger partial charge in [-0.3, -0.25) is 0 Å². The summed E-state index contributed by atoms with van der Waals surface area (Å²) in [5.41, 5.74) is 0.692. The molecule has 1 unspecified atom stereocenters. The van der Waals surface area contributed by atoms with E-state index in [4.69, 9.17) is 0 Å². The summed E-state index contributed by atoms with van der Waals surface area (Å²) in [6.07, 6.45) is 10.0. The van der Waals surface area contributed by atoms with Crippen LogP contribution in [0.5, 0.6) is 0 Å². The molecule has 1 aliphatic rings. The van der Waals surface area contributed by atoms with Crippen LogP contribution in [0, 0.1) is 5.41 Å². The van der Waals surface area contributed by atoms with E-state index in [1.165, 1.54) is 38.6 Å². The van der Waals surface area contributed by atoms with Crippen molar-refractivity contribution in [3.63, 3.8) is 0 Å². The van der Waals surface area contributed by atoms with Crippen molar-refractivity contribution in [1.82, 2.24) is 5.32 Å². The molecule has 1 rings (SSSR count). The molecule has 1 heteroatoms. The standard InChI is InChI=1S/C13H25N/c1-4-6-7-12(3)14-11-13(8-5-2)9-10-13/h4,12,14H,1,5-11H2,2-3H3. The minimum Gasteiger partial charge on any atom is -0.314 e. The number of hydrogen-bond acceptors (Lipinski definition) is 1. The van der Waals surface area contributed by atoms with Gasteiger partial charge < -0.3 is 5.32 Å². The van der Waals surface area contributed by atoms with Crippen molar-refractivity contribution < 1.29 is 0 Å². The van der Waals surface area contributed by atoms with Crippen molar-refractivity contribution in [1.29, 1.82) is 0 Å². The van der Waals surface area contributed by atoms with Crippen molar-refractivity contribution in [2.45, 2.75) is 58.4 Å². The van der Waals surface area contributed by atoms with Gasteiger partial charge in [-0.2, -0.15) is 0 Å². The summed E-state index contributed by atoms with van der Waals surface area (Å²) in [5.74, 6) is 0. The maximum absolute atomic E-state index is 3.76. The molecule has 0 spiro atoms. The van der Waals surface area contributed by atoms with Crippen LogP contribution < -0.4 is 5.32 Å². The first-order valence-electron chi connectivity index (χ1n) is 6.07. The Bertz CT molecular complexity index is 170. The van der Waals surface area contributed by atoms with Crippen molar-refractivity contribution >= 4 is 0 Å². The number of allylic oxidation sites excluding steroid dienone is 1. The van der Waals surface area contributed by atoms with Crippen molar-refractivity contribution in [3.05, 3.63) is 12.7 Å². The van der Waals surface area contributed by atoms with Gasteiger partial charge in [0.15, 0.2) is 0 Å². The Kier molecular flexibility index (Phi) is 4.67. The van der Waals surface area contributed by atoms with E-state index < -0.39 is 0 Å². The molecule has 0 radical (unpaired) electrons. The highest BCUT2D eigenvalue weighted by Gasteiger charge is 2.40. The predicted molar refractivity (Wildman–Crippen MR) is 63.5 cm³/mol. The third kappa shape index (κ3) is 3.83. The smallest absolute Gasteiger partial charge is 0.00419 e. The van der Waals surface area contributed by atoms with Crippen LogP contribution in [0.15, 0.2) is 12.7 Å². The largest absolute Gasteiger partial charge is 0.314 e. The first-order chi connectivity index (χ1) is 6.72. The molecular formula is C13H25N. The van der Waals surface area contributed by atoms with E-state index in [2.05, 4.69) is 25.7 Å². The van der Waals surface area contributed by atoms with Crippen LogP contribution in [0.25, 0.3) is 0 Å². The Labute approximate surface area is 89.0 Å². The second-order valence-electron chi connectivity index (χ2n) is 4.90. The fraction of sp³-hybridized carbons (Fsp3) is 0.846. The SMILES string of the molecule is C=CCCC(C)NCC1(CCC)CC1. The van der Waals surface area contributed by atoms with Gasteiger partial charge in [0.1, 0.15) is 0 Å². The van der Waals surface area contributed by atoms with Gasteiger partial charge in [0.05, 0.1) is 0 Å². The van der Waals surface area contributed by atoms with Gasteiger partial charge in [-0.25, -0.2) is 0 Å². The zero-order valence-electron chi connectivity index (χ0n) is 9.81. The Morgan fingerprint density at radius 2 is 2.21 bits per heavy atom. The highest BCUT2D eigenvalue weighted by molar-refractivity contribution is 4.94. The van der Waals surface area contributed by atoms with Gasteiger partial charge >= 0.3 is 0 Å². The lowest BCUT2D eigenvalue weighted by Gasteiger charge is -2.19. The highest BCUT2D eigenvalue weighted by atomic mass is 14.9. The quantitative estimate of drug-likeness (QED) is 0.584. The van der Waals surface area contributed by atoms with E-state index in [1.807, 2.05) is 6.08 Å². The summed E-state index contributed by atoms with van der Waals surface area (Å²) < 4.78 is 0. The van der Waals surface area contributed by atoms with Crippen molar-refractivity contribution in [2.24, 2.45) is 5.41 Å². The third-order valence-electron chi connectivity index (χ3n) is 3.37. The molecule has 1 saturated carbocycles. The Balaban J connectivity index is 2.10. The minimum atomic E-state index is 0.655. The molecule has 1 atom stereocenters. The third-order valence-corrected chi connectivity index (χ3v) is 3.37.